The number of ether oxygens (including phenoxy) is 1. The molecule has 0 aliphatic carbocycles. The van der Waals surface area contributed by atoms with Gasteiger partial charge < -0.3 is 15.2 Å². The van der Waals surface area contributed by atoms with Crippen molar-refractivity contribution in [1.29, 1.82) is 0 Å². The highest BCUT2D eigenvalue weighted by atomic mass is 16.5. The van der Waals surface area contributed by atoms with Crippen LogP contribution in [0.15, 0.2) is 24.3 Å². The number of benzene rings is 1. The standard InChI is InChI=1S/C16H23NO3/c1-2-12-5-3-4-6-15(12)16(19)17-9-14(10-18)13-7-8-20-11-13/h3-6,13-14,18H,2,7-11H2,1H3,(H,17,19)/t13-,14+/m0/s1. The molecule has 0 spiro atoms. The summed E-state index contributed by atoms with van der Waals surface area (Å²) in [6.45, 7) is 4.07. The van der Waals surface area contributed by atoms with Crippen LogP contribution in [0.3, 0.4) is 0 Å². The zero-order chi connectivity index (χ0) is 14.4. The third kappa shape index (κ3) is 3.58. The molecule has 20 heavy (non-hydrogen) atoms. The van der Waals surface area contributed by atoms with Gasteiger partial charge in [-0.05, 0) is 30.4 Å². The quantitative estimate of drug-likeness (QED) is 0.831. The summed E-state index contributed by atoms with van der Waals surface area (Å²) in [6, 6.07) is 7.65. The number of hydrogen-bond acceptors (Lipinski definition) is 3. The van der Waals surface area contributed by atoms with Gasteiger partial charge in [-0.2, -0.15) is 0 Å². The molecule has 2 atom stereocenters. The van der Waals surface area contributed by atoms with Gasteiger partial charge in [-0.1, -0.05) is 25.1 Å². The largest absolute Gasteiger partial charge is 0.396 e. The second kappa shape index (κ2) is 7.41. The smallest absolute Gasteiger partial charge is 0.251 e. The van der Waals surface area contributed by atoms with Crippen molar-refractivity contribution < 1.29 is 14.6 Å². The molecule has 110 valence electrons. The number of aliphatic hydroxyl groups excluding tert-OH is 1. The lowest BCUT2D eigenvalue weighted by atomic mass is 9.92. The summed E-state index contributed by atoms with van der Waals surface area (Å²) in [5.41, 5.74) is 1.78. The minimum Gasteiger partial charge on any atom is -0.396 e. The third-order valence-corrected chi connectivity index (χ3v) is 4.03. The van der Waals surface area contributed by atoms with Crippen LogP contribution >= 0.6 is 0 Å². The molecular formula is C16H23NO3. The molecule has 1 amide bonds. The van der Waals surface area contributed by atoms with Gasteiger partial charge in [0, 0.05) is 37.8 Å². The maximum atomic E-state index is 12.2. The predicted octanol–water partition coefficient (Wildman–Crippen LogP) is 1.62. The van der Waals surface area contributed by atoms with E-state index in [-0.39, 0.29) is 18.4 Å². The van der Waals surface area contributed by atoms with Gasteiger partial charge in [0.1, 0.15) is 0 Å². The third-order valence-electron chi connectivity index (χ3n) is 4.03. The van der Waals surface area contributed by atoms with E-state index in [4.69, 9.17) is 4.74 Å². The maximum absolute atomic E-state index is 12.2. The molecule has 1 heterocycles. The first kappa shape index (κ1) is 15.0. The molecule has 1 saturated heterocycles. The van der Waals surface area contributed by atoms with Crippen molar-refractivity contribution in [3.8, 4) is 0 Å². The number of carbonyl (C=O) groups excluding carboxylic acids is 1. The van der Waals surface area contributed by atoms with Crippen LogP contribution in [0, 0.1) is 11.8 Å². The summed E-state index contributed by atoms with van der Waals surface area (Å²) in [6.07, 6.45) is 1.80. The highest BCUT2D eigenvalue weighted by Crippen LogP contribution is 2.21. The zero-order valence-corrected chi connectivity index (χ0v) is 12.0. The fourth-order valence-electron chi connectivity index (χ4n) is 2.67. The Morgan fingerprint density at radius 1 is 1.50 bits per heavy atom. The Hall–Kier alpha value is -1.39. The van der Waals surface area contributed by atoms with Crippen LogP contribution in [0.2, 0.25) is 0 Å². The van der Waals surface area contributed by atoms with E-state index in [2.05, 4.69) is 5.32 Å². The second-order valence-corrected chi connectivity index (χ2v) is 5.29. The molecule has 4 nitrogen and oxygen atoms in total. The van der Waals surface area contributed by atoms with Crippen molar-refractivity contribution in [1.82, 2.24) is 5.32 Å². The SMILES string of the molecule is CCc1ccccc1C(=O)NC[C@H](CO)[C@H]1CCOC1. The minimum absolute atomic E-state index is 0.0557. The van der Waals surface area contributed by atoms with E-state index in [0.717, 1.165) is 30.6 Å². The molecular weight excluding hydrogens is 254 g/mol. The lowest BCUT2D eigenvalue weighted by molar-refractivity contribution is 0.0916. The van der Waals surface area contributed by atoms with E-state index in [1.54, 1.807) is 0 Å². The fraction of sp³-hybridized carbons (Fsp3) is 0.562. The number of nitrogens with one attached hydrogen (secondary N) is 1. The lowest BCUT2D eigenvalue weighted by Gasteiger charge is -2.20. The van der Waals surface area contributed by atoms with Crippen molar-refractivity contribution >= 4 is 5.91 Å². The van der Waals surface area contributed by atoms with Gasteiger partial charge >= 0.3 is 0 Å². The highest BCUT2D eigenvalue weighted by Gasteiger charge is 2.25. The number of aliphatic hydroxyl groups is 1. The molecule has 1 aromatic carbocycles. The first-order valence-corrected chi connectivity index (χ1v) is 7.31. The van der Waals surface area contributed by atoms with Crippen LogP contribution in [0.5, 0.6) is 0 Å². The van der Waals surface area contributed by atoms with Crippen LogP contribution < -0.4 is 5.32 Å². The normalized spacial score (nSPS) is 19.8. The Morgan fingerprint density at radius 2 is 2.30 bits per heavy atom. The Balaban J connectivity index is 1.93. The summed E-state index contributed by atoms with van der Waals surface area (Å²) < 4.78 is 5.34. The van der Waals surface area contributed by atoms with Gasteiger partial charge in [-0.25, -0.2) is 0 Å². The molecule has 2 N–H and O–H groups in total. The number of carbonyl (C=O) groups is 1. The van der Waals surface area contributed by atoms with Crippen molar-refractivity contribution in [2.45, 2.75) is 19.8 Å². The molecule has 2 rings (SSSR count). The van der Waals surface area contributed by atoms with E-state index < -0.39 is 0 Å². The summed E-state index contributed by atoms with van der Waals surface area (Å²) in [5, 5.41) is 12.4. The fourth-order valence-corrected chi connectivity index (χ4v) is 2.67. The molecule has 1 aliphatic heterocycles. The van der Waals surface area contributed by atoms with Crippen molar-refractivity contribution in [2.75, 3.05) is 26.4 Å². The molecule has 1 fully saturated rings. The van der Waals surface area contributed by atoms with Gasteiger partial charge in [-0.15, -0.1) is 0 Å². The Morgan fingerprint density at radius 3 is 2.95 bits per heavy atom. The Kier molecular flexibility index (Phi) is 5.56. The molecule has 0 saturated carbocycles. The van der Waals surface area contributed by atoms with Gasteiger partial charge in [-0.3, -0.25) is 4.79 Å². The van der Waals surface area contributed by atoms with Crippen molar-refractivity contribution in [2.24, 2.45) is 11.8 Å². The average molecular weight is 277 g/mol. The predicted molar refractivity (Wildman–Crippen MR) is 77.7 cm³/mol. The van der Waals surface area contributed by atoms with Gasteiger partial charge in [0.15, 0.2) is 0 Å². The van der Waals surface area contributed by atoms with E-state index in [1.165, 1.54) is 0 Å². The van der Waals surface area contributed by atoms with Gasteiger partial charge in [0.2, 0.25) is 0 Å². The zero-order valence-electron chi connectivity index (χ0n) is 12.0. The van der Waals surface area contributed by atoms with E-state index in [9.17, 15) is 9.90 Å². The number of rotatable bonds is 6. The van der Waals surface area contributed by atoms with E-state index >= 15 is 0 Å². The number of aryl methyl sites for hydroxylation is 1. The van der Waals surface area contributed by atoms with Crippen LogP contribution in [0.1, 0.15) is 29.3 Å². The lowest BCUT2D eigenvalue weighted by Crippen LogP contribution is -2.35. The Bertz CT molecular complexity index is 441. The highest BCUT2D eigenvalue weighted by molar-refractivity contribution is 5.95. The molecule has 0 radical (unpaired) electrons. The first-order chi connectivity index (χ1) is 9.76. The summed E-state index contributed by atoms with van der Waals surface area (Å²) in [5.74, 6) is 0.372. The topological polar surface area (TPSA) is 58.6 Å². The van der Waals surface area contributed by atoms with Crippen LogP contribution in [0.4, 0.5) is 0 Å². The second-order valence-electron chi connectivity index (χ2n) is 5.29. The summed E-state index contributed by atoms with van der Waals surface area (Å²) in [7, 11) is 0. The maximum Gasteiger partial charge on any atom is 0.251 e. The van der Waals surface area contributed by atoms with Crippen LogP contribution in [-0.4, -0.2) is 37.4 Å². The van der Waals surface area contributed by atoms with Crippen molar-refractivity contribution in [3.05, 3.63) is 35.4 Å². The molecule has 1 aromatic rings. The number of amides is 1. The van der Waals surface area contributed by atoms with Crippen molar-refractivity contribution in [3.63, 3.8) is 0 Å². The van der Waals surface area contributed by atoms with Crippen LogP contribution in [0.25, 0.3) is 0 Å². The molecule has 1 aliphatic rings. The average Bonchev–Trinajstić information content (AvgIpc) is 3.02. The van der Waals surface area contributed by atoms with E-state index in [0.29, 0.717) is 19.1 Å². The molecule has 0 bridgehead atoms. The number of hydrogen-bond donors (Lipinski definition) is 2. The minimum atomic E-state index is -0.0557. The summed E-state index contributed by atoms with van der Waals surface area (Å²) >= 11 is 0. The van der Waals surface area contributed by atoms with Gasteiger partial charge in [0.05, 0.1) is 0 Å². The van der Waals surface area contributed by atoms with Gasteiger partial charge in [0.25, 0.3) is 5.91 Å². The molecule has 0 unspecified atom stereocenters. The molecule has 4 heteroatoms. The first-order valence-electron chi connectivity index (χ1n) is 7.31. The summed E-state index contributed by atoms with van der Waals surface area (Å²) in [4.78, 5) is 12.2. The Labute approximate surface area is 120 Å². The van der Waals surface area contributed by atoms with E-state index in [1.807, 2.05) is 31.2 Å². The monoisotopic (exact) mass is 277 g/mol. The molecule has 0 aromatic heterocycles. The van der Waals surface area contributed by atoms with Crippen LogP contribution in [-0.2, 0) is 11.2 Å².